The molecule has 1 atom stereocenters. The highest BCUT2D eigenvalue weighted by atomic mass is 32.2. The molecular formula is C27H27N3O6S. The molecule has 10 heteroatoms. The summed E-state index contributed by atoms with van der Waals surface area (Å²) >= 11 is 0. The Hall–Kier alpha value is -3.47. The Morgan fingerprint density at radius 1 is 1.08 bits per heavy atom. The molecule has 0 spiro atoms. The summed E-state index contributed by atoms with van der Waals surface area (Å²) in [5.74, 6) is 1.27. The van der Waals surface area contributed by atoms with Crippen molar-refractivity contribution < 1.29 is 27.8 Å². The first-order valence-electron chi connectivity index (χ1n) is 12.3. The van der Waals surface area contributed by atoms with Crippen LogP contribution in [0.25, 0.3) is 11.3 Å². The highest BCUT2D eigenvalue weighted by molar-refractivity contribution is 7.89. The molecule has 1 aromatic heterocycles. The molecule has 6 rings (SSSR count). The summed E-state index contributed by atoms with van der Waals surface area (Å²) in [6.07, 6.45) is 4.53. The van der Waals surface area contributed by atoms with E-state index in [9.17, 15) is 18.3 Å². The van der Waals surface area contributed by atoms with E-state index in [2.05, 4.69) is 10.3 Å². The average Bonchev–Trinajstić information content (AvgIpc) is 3.35. The number of rotatable bonds is 7. The standard InChI is InChI=1S/C27H27N3O6S/c31-16-21-2-1-13-30(21)37(33,34)22-7-3-18(4-8-22)23-9-6-20(15-28-23)29-26(32)27(11-12-27)19-5-10-24-25(14-19)36-17-35-24/h3-10,14-15,21,31H,1-2,11-13,16-17H2,(H,29,32)/t21-/m1/s1. The number of hydrogen-bond acceptors (Lipinski definition) is 7. The molecule has 2 aliphatic heterocycles. The molecule has 37 heavy (non-hydrogen) atoms. The number of pyridine rings is 1. The number of aliphatic hydroxyl groups excluding tert-OH is 1. The molecule has 0 radical (unpaired) electrons. The van der Waals surface area contributed by atoms with Crippen LogP contribution in [0.4, 0.5) is 5.69 Å². The maximum absolute atomic E-state index is 13.2. The lowest BCUT2D eigenvalue weighted by Crippen LogP contribution is -2.37. The van der Waals surface area contributed by atoms with E-state index in [-0.39, 0.29) is 30.2 Å². The quantitative estimate of drug-likeness (QED) is 0.490. The Morgan fingerprint density at radius 2 is 1.86 bits per heavy atom. The molecule has 192 valence electrons. The van der Waals surface area contributed by atoms with Gasteiger partial charge in [0, 0.05) is 18.2 Å². The maximum Gasteiger partial charge on any atom is 0.243 e. The van der Waals surface area contributed by atoms with Crippen molar-refractivity contribution in [1.29, 1.82) is 0 Å². The Bertz CT molecular complexity index is 1440. The largest absolute Gasteiger partial charge is 0.454 e. The van der Waals surface area contributed by atoms with Crippen molar-refractivity contribution in [2.45, 2.75) is 42.0 Å². The summed E-state index contributed by atoms with van der Waals surface area (Å²) < 4.78 is 38.2. The van der Waals surface area contributed by atoms with Crippen LogP contribution in [0.1, 0.15) is 31.2 Å². The van der Waals surface area contributed by atoms with Crippen LogP contribution in [0.5, 0.6) is 11.5 Å². The average molecular weight is 522 g/mol. The van der Waals surface area contributed by atoms with E-state index in [4.69, 9.17) is 9.47 Å². The number of aromatic nitrogens is 1. The molecule has 2 aromatic carbocycles. The number of amides is 1. The molecule has 1 saturated carbocycles. The van der Waals surface area contributed by atoms with Crippen molar-refractivity contribution in [3.05, 3.63) is 66.4 Å². The summed E-state index contributed by atoms with van der Waals surface area (Å²) in [5, 5.41) is 12.5. The fourth-order valence-electron chi connectivity index (χ4n) is 5.10. The molecule has 3 aliphatic rings. The third-order valence-electron chi connectivity index (χ3n) is 7.42. The number of nitrogens with one attached hydrogen (secondary N) is 1. The predicted molar refractivity (Wildman–Crippen MR) is 136 cm³/mol. The lowest BCUT2D eigenvalue weighted by molar-refractivity contribution is -0.118. The number of aliphatic hydroxyl groups is 1. The lowest BCUT2D eigenvalue weighted by Gasteiger charge is -2.22. The van der Waals surface area contributed by atoms with Gasteiger partial charge in [-0.2, -0.15) is 4.31 Å². The van der Waals surface area contributed by atoms with E-state index in [0.29, 0.717) is 35.8 Å². The molecule has 2 fully saturated rings. The second-order valence-electron chi connectivity index (χ2n) is 9.66. The first-order valence-corrected chi connectivity index (χ1v) is 13.8. The number of ether oxygens (including phenoxy) is 2. The van der Waals surface area contributed by atoms with Crippen LogP contribution in [0, 0.1) is 0 Å². The number of benzene rings is 2. The van der Waals surface area contributed by atoms with E-state index < -0.39 is 15.4 Å². The SMILES string of the molecule is O=C(Nc1ccc(-c2ccc(S(=O)(=O)N3CCC[C@@H]3CO)cc2)nc1)C1(c2ccc3c(c2)OCO3)CC1. The molecule has 0 bridgehead atoms. The fourth-order valence-corrected chi connectivity index (χ4v) is 6.78. The normalized spacial score (nSPS) is 20.1. The van der Waals surface area contributed by atoms with Gasteiger partial charge in [0.25, 0.3) is 0 Å². The Kier molecular flexibility index (Phi) is 5.89. The van der Waals surface area contributed by atoms with Gasteiger partial charge in [0.15, 0.2) is 11.5 Å². The van der Waals surface area contributed by atoms with Gasteiger partial charge in [-0.05, 0) is 67.6 Å². The van der Waals surface area contributed by atoms with Crippen molar-refractivity contribution in [2.75, 3.05) is 25.3 Å². The van der Waals surface area contributed by atoms with Gasteiger partial charge < -0.3 is 19.9 Å². The number of hydrogen-bond donors (Lipinski definition) is 2. The molecule has 1 saturated heterocycles. The minimum absolute atomic E-state index is 0.0847. The number of sulfonamides is 1. The second kappa shape index (κ2) is 9.13. The zero-order valence-electron chi connectivity index (χ0n) is 20.1. The van der Waals surface area contributed by atoms with Crippen molar-refractivity contribution in [3.63, 3.8) is 0 Å². The third-order valence-corrected chi connectivity index (χ3v) is 9.39. The highest BCUT2D eigenvalue weighted by Crippen LogP contribution is 2.51. The van der Waals surface area contributed by atoms with Crippen molar-refractivity contribution in [1.82, 2.24) is 9.29 Å². The molecule has 0 unspecified atom stereocenters. The summed E-state index contributed by atoms with van der Waals surface area (Å²) in [6, 6.07) is 15.4. The van der Waals surface area contributed by atoms with Gasteiger partial charge in [0.2, 0.25) is 22.7 Å². The van der Waals surface area contributed by atoms with Crippen molar-refractivity contribution in [3.8, 4) is 22.8 Å². The van der Waals surface area contributed by atoms with Crippen LogP contribution in [-0.4, -0.2) is 54.7 Å². The molecule has 3 aromatic rings. The highest BCUT2D eigenvalue weighted by Gasteiger charge is 2.51. The summed E-state index contributed by atoms with van der Waals surface area (Å²) in [4.78, 5) is 17.8. The molecule has 9 nitrogen and oxygen atoms in total. The number of nitrogens with zero attached hydrogens (tertiary/aromatic N) is 2. The number of anilines is 1. The van der Waals surface area contributed by atoms with Gasteiger partial charge in [-0.15, -0.1) is 0 Å². The summed E-state index contributed by atoms with van der Waals surface area (Å²) in [7, 11) is -3.66. The Balaban J connectivity index is 1.14. The number of fused-ring (bicyclic) bond motifs is 1. The topological polar surface area (TPSA) is 118 Å². The van der Waals surface area contributed by atoms with Crippen LogP contribution in [0.2, 0.25) is 0 Å². The molecule has 1 aliphatic carbocycles. The molecule has 2 N–H and O–H groups in total. The zero-order valence-corrected chi connectivity index (χ0v) is 20.9. The maximum atomic E-state index is 13.2. The minimum Gasteiger partial charge on any atom is -0.454 e. The smallest absolute Gasteiger partial charge is 0.243 e. The van der Waals surface area contributed by atoms with E-state index in [1.807, 2.05) is 18.2 Å². The van der Waals surface area contributed by atoms with Gasteiger partial charge in [-0.1, -0.05) is 18.2 Å². The monoisotopic (exact) mass is 521 g/mol. The van der Waals surface area contributed by atoms with Crippen LogP contribution in [0.15, 0.2) is 65.7 Å². The van der Waals surface area contributed by atoms with Crippen LogP contribution >= 0.6 is 0 Å². The van der Waals surface area contributed by atoms with Gasteiger partial charge in [-0.3, -0.25) is 9.78 Å². The van der Waals surface area contributed by atoms with Crippen molar-refractivity contribution >= 4 is 21.6 Å². The third kappa shape index (κ3) is 4.24. The first kappa shape index (κ1) is 23.9. The molecule has 1 amide bonds. The van der Waals surface area contributed by atoms with Crippen LogP contribution < -0.4 is 14.8 Å². The predicted octanol–water partition coefficient (Wildman–Crippen LogP) is 3.29. The molecular weight excluding hydrogens is 494 g/mol. The van der Waals surface area contributed by atoms with Crippen molar-refractivity contribution in [2.24, 2.45) is 0 Å². The van der Waals surface area contributed by atoms with Crippen LogP contribution in [0.3, 0.4) is 0 Å². The van der Waals surface area contributed by atoms with Gasteiger partial charge in [-0.25, -0.2) is 8.42 Å². The molecule has 3 heterocycles. The van der Waals surface area contributed by atoms with E-state index in [1.165, 1.54) is 4.31 Å². The zero-order chi connectivity index (χ0) is 25.6. The first-order chi connectivity index (χ1) is 17.9. The Labute approximate surface area is 215 Å². The van der Waals surface area contributed by atoms with E-state index in [1.54, 1.807) is 42.6 Å². The summed E-state index contributed by atoms with van der Waals surface area (Å²) in [6.45, 7) is 0.430. The Morgan fingerprint density at radius 3 is 2.57 bits per heavy atom. The van der Waals surface area contributed by atoms with Crippen LogP contribution in [-0.2, 0) is 20.2 Å². The minimum atomic E-state index is -3.66. The number of carbonyl (C=O) groups is 1. The van der Waals surface area contributed by atoms with Gasteiger partial charge >= 0.3 is 0 Å². The second-order valence-corrected chi connectivity index (χ2v) is 11.5. The van der Waals surface area contributed by atoms with Gasteiger partial charge in [0.1, 0.15) is 0 Å². The van der Waals surface area contributed by atoms with E-state index >= 15 is 0 Å². The lowest BCUT2D eigenvalue weighted by atomic mass is 9.94. The summed E-state index contributed by atoms with van der Waals surface area (Å²) in [5.41, 5.74) is 2.34. The van der Waals surface area contributed by atoms with Gasteiger partial charge in [0.05, 0.1) is 34.5 Å². The van der Waals surface area contributed by atoms with E-state index in [0.717, 1.165) is 30.4 Å². The fraction of sp³-hybridized carbons (Fsp3) is 0.333. The number of carbonyl (C=O) groups excluding carboxylic acids is 1.